The van der Waals surface area contributed by atoms with Gasteiger partial charge in [0.2, 0.25) is 0 Å². The number of methoxy groups -OCH3 is 1. The molecule has 74 valence electrons. The maximum absolute atomic E-state index is 5.17. The second kappa shape index (κ2) is 3.75. The smallest absolute Gasteiger partial charge is 0.0734 e. The first-order valence-corrected chi connectivity index (χ1v) is 5.24. The molecule has 0 unspecified atom stereocenters. The third-order valence-electron chi connectivity index (χ3n) is 2.34. The minimum Gasteiger partial charge on any atom is -0.380 e. The van der Waals surface area contributed by atoms with Crippen LogP contribution in [-0.4, -0.2) is 11.7 Å². The van der Waals surface area contributed by atoms with E-state index >= 15 is 0 Å². The Morgan fingerprint density at radius 1 is 1.43 bits per heavy atom. The van der Waals surface area contributed by atoms with E-state index < -0.39 is 0 Å². The van der Waals surface area contributed by atoms with Crippen LogP contribution >= 0.6 is 15.9 Å². The Balaban J connectivity index is 2.72. The van der Waals surface area contributed by atoms with Gasteiger partial charge in [0.05, 0.1) is 6.61 Å². The molecular formula is C11H12BrNO. The van der Waals surface area contributed by atoms with Gasteiger partial charge in [0.1, 0.15) is 0 Å². The number of nitrogens with zero attached hydrogens (tertiary/aromatic N) is 1. The summed E-state index contributed by atoms with van der Waals surface area (Å²) in [5.41, 5.74) is 2.45. The number of fused-ring (bicyclic) bond motifs is 1. The van der Waals surface area contributed by atoms with E-state index in [-0.39, 0.29) is 0 Å². The molecule has 14 heavy (non-hydrogen) atoms. The molecule has 1 aromatic heterocycles. The number of rotatable bonds is 2. The molecule has 0 bridgehead atoms. The van der Waals surface area contributed by atoms with Crippen LogP contribution in [0.25, 0.3) is 10.9 Å². The number of aromatic nitrogens is 1. The molecule has 0 amide bonds. The zero-order valence-corrected chi connectivity index (χ0v) is 9.84. The summed E-state index contributed by atoms with van der Waals surface area (Å²) < 4.78 is 8.42. The van der Waals surface area contributed by atoms with Crippen molar-refractivity contribution in [2.45, 2.75) is 6.61 Å². The quantitative estimate of drug-likeness (QED) is 0.803. The predicted molar refractivity (Wildman–Crippen MR) is 61.3 cm³/mol. The second-order valence-electron chi connectivity index (χ2n) is 3.33. The number of halogens is 1. The lowest BCUT2D eigenvalue weighted by molar-refractivity contribution is 0.186. The highest BCUT2D eigenvalue weighted by Gasteiger charge is 2.08. The Morgan fingerprint density at radius 3 is 2.93 bits per heavy atom. The zero-order chi connectivity index (χ0) is 10.1. The van der Waals surface area contributed by atoms with Crippen molar-refractivity contribution in [2.75, 3.05) is 7.11 Å². The molecule has 0 fully saturated rings. The summed E-state index contributed by atoms with van der Waals surface area (Å²) in [5.74, 6) is 0. The van der Waals surface area contributed by atoms with Gasteiger partial charge in [-0.05, 0) is 12.1 Å². The van der Waals surface area contributed by atoms with Gasteiger partial charge in [-0.1, -0.05) is 22.0 Å². The van der Waals surface area contributed by atoms with Gasteiger partial charge in [-0.3, -0.25) is 0 Å². The number of hydrogen-bond donors (Lipinski definition) is 0. The fraction of sp³-hybridized carbons (Fsp3) is 0.273. The summed E-state index contributed by atoms with van der Waals surface area (Å²) in [4.78, 5) is 0. The minimum atomic E-state index is 0.653. The summed E-state index contributed by atoms with van der Waals surface area (Å²) in [6.45, 7) is 0.653. The highest BCUT2D eigenvalue weighted by atomic mass is 79.9. The van der Waals surface area contributed by atoms with E-state index in [4.69, 9.17) is 4.74 Å². The van der Waals surface area contributed by atoms with Crippen molar-refractivity contribution in [1.82, 2.24) is 4.57 Å². The molecule has 2 rings (SSSR count). The molecule has 0 saturated carbocycles. The molecule has 3 heteroatoms. The Kier molecular flexibility index (Phi) is 2.61. The third kappa shape index (κ3) is 1.47. The van der Waals surface area contributed by atoms with Crippen LogP contribution in [0.2, 0.25) is 0 Å². The molecule has 0 radical (unpaired) electrons. The molecule has 0 saturated heterocycles. The first-order valence-electron chi connectivity index (χ1n) is 4.45. The van der Waals surface area contributed by atoms with Gasteiger partial charge in [0.15, 0.2) is 0 Å². The Hall–Kier alpha value is -0.800. The van der Waals surface area contributed by atoms with Gasteiger partial charge in [-0.25, -0.2) is 0 Å². The van der Waals surface area contributed by atoms with Gasteiger partial charge in [0.25, 0.3) is 0 Å². The maximum Gasteiger partial charge on any atom is 0.0734 e. The van der Waals surface area contributed by atoms with Gasteiger partial charge in [-0.2, -0.15) is 0 Å². The minimum absolute atomic E-state index is 0.653. The van der Waals surface area contributed by atoms with Crippen LogP contribution in [-0.2, 0) is 18.4 Å². The number of aryl methyl sites for hydroxylation is 1. The monoisotopic (exact) mass is 253 g/mol. The van der Waals surface area contributed by atoms with Crippen LogP contribution in [0.4, 0.5) is 0 Å². The van der Waals surface area contributed by atoms with Gasteiger partial charge >= 0.3 is 0 Å². The van der Waals surface area contributed by atoms with E-state index in [0.717, 1.165) is 4.47 Å². The molecule has 1 heterocycles. The zero-order valence-electron chi connectivity index (χ0n) is 8.25. The summed E-state index contributed by atoms with van der Waals surface area (Å²) >= 11 is 3.56. The van der Waals surface area contributed by atoms with Crippen LogP contribution < -0.4 is 0 Å². The molecule has 0 atom stereocenters. The molecule has 0 aliphatic rings. The summed E-state index contributed by atoms with van der Waals surface area (Å²) in [5, 5.41) is 1.25. The van der Waals surface area contributed by atoms with Crippen molar-refractivity contribution >= 4 is 26.8 Å². The highest BCUT2D eigenvalue weighted by molar-refractivity contribution is 9.10. The van der Waals surface area contributed by atoms with Crippen LogP contribution in [0.15, 0.2) is 28.9 Å². The Labute approximate surface area is 91.6 Å². The number of ether oxygens (including phenoxy) is 1. The highest BCUT2D eigenvalue weighted by Crippen LogP contribution is 2.28. The number of benzene rings is 1. The fourth-order valence-corrected chi connectivity index (χ4v) is 2.37. The topological polar surface area (TPSA) is 14.2 Å². The third-order valence-corrected chi connectivity index (χ3v) is 3.00. The Bertz CT molecular complexity index is 462. The molecule has 0 aliphatic carbocycles. The van der Waals surface area contributed by atoms with E-state index in [1.807, 2.05) is 13.1 Å². The van der Waals surface area contributed by atoms with E-state index in [0.29, 0.717) is 6.61 Å². The van der Waals surface area contributed by atoms with Crippen LogP contribution in [0.3, 0.4) is 0 Å². The van der Waals surface area contributed by atoms with Gasteiger partial charge in [-0.15, -0.1) is 0 Å². The average molecular weight is 254 g/mol. The molecule has 2 nitrogen and oxygen atoms in total. The molecule has 0 N–H and O–H groups in total. The van der Waals surface area contributed by atoms with Crippen molar-refractivity contribution in [1.29, 1.82) is 0 Å². The van der Waals surface area contributed by atoms with E-state index in [9.17, 15) is 0 Å². The normalized spacial score (nSPS) is 11.1. The lowest BCUT2D eigenvalue weighted by atomic mass is 10.2. The van der Waals surface area contributed by atoms with Crippen molar-refractivity contribution in [2.24, 2.45) is 7.05 Å². The molecule has 0 aliphatic heterocycles. The fourth-order valence-electron chi connectivity index (χ4n) is 1.76. The largest absolute Gasteiger partial charge is 0.380 e. The average Bonchev–Trinajstić information content (AvgIpc) is 2.46. The lowest BCUT2D eigenvalue weighted by Crippen LogP contribution is -1.85. The van der Waals surface area contributed by atoms with Gasteiger partial charge < -0.3 is 9.30 Å². The molecular weight excluding hydrogens is 242 g/mol. The van der Waals surface area contributed by atoms with Crippen molar-refractivity contribution in [3.05, 3.63) is 34.4 Å². The first kappa shape index (κ1) is 9.74. The summed E-state index contributed by atoms with van der Waals surface area (Å²) in [6, 6.07) is 6.21. The van der Waals surface area contributed by atoms with Gasteiger partial charge in [0, 0.05) is 41.3 Å². The number of hydrogen-bond acceptors (Lipinski definition) is 1. The standard InChI is InChI=1S/C11H12BrNO/c1-13-6-8(7-14-2)11-9(12)4-3-5-10(11)13/h3-6H,7H2,1-2H3. The van der Waals surface area contributed by atoms with Crippen LogP contribution in [0, 0.1) is 0 Å². The lowest BCUT2D eigenvalue weighted by Gasteiger charge is -1.99. The van der Waals surface area contributed by atoms with Crippen LogP contribution in [0.1, 0.15) is 5.56 Å². The molecule has 2 aromatic rings. The summed E-state index contributed by atoms with van der Waals surface area (Å²) in [7, 11) is 3.77. The van der Waals surface area contributed by atoms with E-state index in [1.54, 1.807) is 7.11 Å². The SMILES string of the molecule is COCc1cn(C)c2cccc(Br)c12. The van der Waals surface area contributed by atoms with E-state index in [1.165, 1.54) is 16.5 Å². The van der Waals surface area contributed by atoms with Crippen molar-refractivity contribution < 1.29 is 4.74 Å². The first-order chi connectivity index (χ1) is 6.74. The van der Waals surface area contributed by atoms with Crippen molar-refractivity contribution in [3.63, 3.8) is 0 Å². The van der Waals surface area contributed by atoms with Crippen LogP contribution in [0.5, 0.6) is 0 Å². The van der Waals surface area contributed by atoms with Crippen molar-refractivity contribution in [3.8, 4) is 0 Å². The molecule has 1 aromatic carbocycles. The predicted octanol–water partition coefficient (Wildman–Crippen LogP) is 3.09. The van der Waals surface area contributed by atoms with E-state index in [2.05, 4.69) is 38.8 Å². The second-order valence-corrected chi connectivity index (χ2v) is 4.19. The Morgan fingerprint density at radius 2 is 2.21 bits per heavy atom. The molecule has 0 spiro atoms. The summed E-state index contributed by atoms with van der Waals surface area (Å²) in [6.07, 6.45) is 2.11. The maximum atomic E-state index is 5.17.